The molecule has 1 aliphatic rings. The summed E-state index contributed by atoms with van der Waals surface area (Å²) in [6, 6.07) is 5.42. The molecule has 4 heteroatoms. The van der Waals surface area contributed by atoms with Gasteiger partial charge in [-0.25, -0.2) is 0 Å². The van der Waals surface area contributed by atoms with Gasteiger partial charge in [0, 0.05) is 9.11 Å². The van der Waals surface area contributed by atoms with Crippen LogP contribution in [0, 0.1) is 3.57 Å². The fourth-order valence-corrected chi connectivity index (χ4v) is 2.63. The SMILES string of the molecule is CC1(NC(=O)c2cccc(Cl)c2I)CCC1. The van der Waals surface area contributed by atoms with Crippen LogP contribution in [0.25, 0.3) is 0 Å². The Bertz CT molecular complexity index is 429. The summed E-state index contributed by atoms with van der Waals surface area (Å²) in [5, 5.41) is 3.71. The summed E-state index contributed by atoms with van der Waals surface area (Å²) < 4.78 is 0.821. The Morgan fingerprint density at radius 2 is 2.19 bits per heavy atom. The number of rotatable bonds is 2. The maximum atomic E-state index is 12.1. The van der Waals surface area contributed by atoms with Crippen molar-refractivity contribution in [3.8, 4) is 0 Å². The highest BCUT2D eigenvalue weighted by molar-refractivity contribution is 14.1. The third-order valence-corrected chi connectivity index (χ3v) is 4.86. The largest absolute Gasteiger partial charge is 0.347 e. The van der Waals surface area contributed by atoms with Gasteiger partial charge in [-0.3, -0.25) is 4.79 Å². The summed E-state index contributed by atoms with van der Waals surface area (Å²) >= 11 is 8.10. The van der Waals surface area contributed by atoms with E-state index in [1.807, 2.05) is 12.1 Å². The van der Waals surface area contributed by atoms with Crippen LogP contribution in [-0.2, 0) is 0 Å². The molecule has 1 N–H and O–H groups in total. The zero-order valence-electron chi connectivity index (χ0n) is 9.02. The monoisotopic (exact) mass is 349 g/mol. The van der Waals surface area contributed by atoms with E-state index in [4.69, 9.17) is 11.6 Å². The number of hydrogen-bond acceptors (Lipinski definition) is 1. The van der Waals surface area contributed by atoms with Gasteiger partial charge in [0.1, 0.15) is 0 Å². The third kappa shape index (κ3) is 2.35. The standard InChI is InChI=1S/C12H13ClINO/c1-12(6-3-7-12)15-11(16)8-4-2-5-9(13)10(8)14/h2,4-5H,3,6-7H2,1H3,(H,15,16). The van der Waals surface area contributed by atoms with Crippen molar-refractivity contribution in [1.82, 2.24) is 5.32 Å². The molecule has 2 nitrogen and oxygen atoms in total. The Balaban J connectivity index is 2.17. The lowest BCUT2D eigenvalue weighted by Crippen LogP contribution is -2.51. The first-order valence-corrected chi connectivity index (χ1v) is 6.74. The minimum absolute atomic E-state index is 0.0114. The van der Waals surface area contributed by atoms with Gasteiger partial charge in [0.05, 0.1) is 10.6 Å². The lowest BCUT2D eigenvalue weighted by Gasteiger charge is -2.39. The minimum Gasteiger partial charge on any atom is -0.347 e. The van der Waals surface area contributed by atoms with Gasteiger partial charge >= 0.3 is 0 Å². The van der Waals surface area contributed by atoms with E-state index in [-0.39, 0.29) is 11.4 Å². The first-order chi connectivity index (χ1) is 7.52. The van der Waals surface area contributed by atoms with Gasteiger partial charge in [0.25, 0.3) is 5.91 Å². The zero-order chi connectivity index (χ0) is 11.8. The molecule has 1 fully saturated rings. The van der Waals surface area contributed by atoms with Crippen LogP contribution >= 0.6 is 34.2 Å². The quantitative estimate of drug-likeness (QED) is 0.812. The molecule has 1 saturated carbocycles. The van der Waals surface area contributed by atoms with Crippen molar-refractivity contribution in [3.05, 3.63) is 32.4 Å². The van der Waals surface area contributed by atoms with Gasteiger partial charge in [-0.1, -0.05) is 17.7 Å². The van der Waals surface area contributed by atoms with Crippen molar-refractivity contribution < 1.29 is 4.79 Å². The van der Waals surface area contributed by atoms with E-state index in [1.165, 1.54) is 6.42 Å². The predicted molar refractivity (Wildman–Crippen MR) is 73.9 cm³/mol. The van der Waals surface area contributed by atoms with Gasteiger partial charge in [-0.15, -0.1) is 0 Å². The number of carbonyl (C=O) groups is 1. The molecular formula is C12H13ClINO. The van der Waals surface area contributed by atoms with Crippen LogP contribution < -0.4 is 5.32 Å². The number of carbonyl (C=O) groups excluding carboxylic acids is 1. The first kappa shape index (κ1) is 12.2. The van der Waals surface area contributed by atoms with E-state index in [2.05, 4.69) is 34.8 Å². The highest BCUT2D eigenvalue weighted by Crippen LogP contribution is 2.31. The molecule has 0 saturated heterocycles. The van der Waals surface area contributed by atoms with Crippen molar-refractivity contribution in [1.29, 1.82) is 0 Å². The van der Waals surface area contributed by atoms with Crippen LogP contribution in [0.3, 0.4) is 0 Å². The first-order valence-electron chi connectivity index (χ1n) is 5.28. The Morgan fingerprint density at radius 1 is 1.50 bits per heavy atom. The average molecular weight is 350 g/mol. The maximum absolute atomic E-state index is 12.1. The summed E-state index contributed by atoms with van der Waals surface area (Å²) in [4.78, 5) is 12.1. The third-order valence-electron chi connectivity index (χ3n) is 3.07. The fraction of sp³-hybridized carbons (Fsp3) is 0.417. The average Bonchev–Trinajstić information content (AvgIpc) is 2.19. The van der Waals surface area contributed by atoms with Gasteiger partial charge in [-0.05, 0) is 60.9 Å². The highest BCUT2D eigenvalue weighted by Gasteiger charge is 2.33. The number of amides is 1. The molecule has 0 radical (unpaired) electrons. The molecule has 16 heavy (non-hydrogen) atoms. The van der Waals surface area contributed by atoms with Gasteiger partial charge < -0.3 is 5.32 Å². The Kier molecular flexibility index (Phi) is 3.45. The minimum atomic E-state index is -0.0194. The summed E-state index contributed by atoms with van der Waals surface area (Å²) in [5.74, 6) is -0.0194. The van der Waals surface area contributed by atoms with Crippen LogP contribution in [0.5, 0.6) is 0 Å². The molecule has 0 aromatic heterocycles. The molecule has 0 aliphatic heterocycles. The maximum Gasteiger partial charge on any atom is 0.252 e. The van der Waals surface area contributed by atoms with E-state index in [9.17, 15) is 4.79 Å². The number of hydrogen-bond donors (Lipinski definition) is 1. The Labute approximate surface area is 114 Å². The molecule has 0 heterocycles. The van der Waals surface area contributed by atoms with Crippen LogP contribution in [0.2, 0.25) is 5.02 Å². The number of halogens is 2. The lowest BCUT2D eigenvalue weighted by molar-refractivity contribution is 0.0849. The van der Waals surface area contributed by atoms with Crippen LogP contribution in [-0.4, -0.2) is 11.4 Å². The molecule has 0 bridgehead atoms. The zero-order valence-corrected chi connectivity index (χ0v) is 11.9. The van der Waals surface area contributed by atoms with E-state index in [1.54, 1.807) is 6.07 Å². The molecule has 2 rings (SSSR count). The van der Waals surface area contributed by atoms with Crippen molar-refractivity contribution in [2.75, 3.05) is 0 Å². The van der Waals surface area contributed by atoms with Gasteiger partial charge in [-0.2, -0.15) is 0 Å². The van der Waals surface area contributed by atoms with Gasteiger partial charge in [0.15, 0.2) is 0 Å². The fourth-order valence-electron chi connectivity index (χ4n) is 1.85. The van der Waals surface area contributed by atoms with E-state index >= 15 is 0 Å². The molecule has 0 spiro atoms. The highest BCUT2D eigenvalue weighted by atomic mass is 127. The van der Waals surface area contributed by atoms with Crippen molar-refractivity contribution >= 4 is 40.1 Å². The van der Waals surface area contributed by atoms with E-state index in [0.29, 0.717) is 10.6 Å². The summed E-state index contributed by atoms with van der Waals surface area (Å²) in [5.41, 5.74) is 0.656. The summed E-state index contributed by atoms with van der Waals surface area (Å²) in [6.07, 6.45) is 3.33. The van der Waals surface area contributed by atoms with Gasteiger partial charge in [0.2, 0.25) is 0 Å². The summed E-state index contributed by atoms with van der Waals surface area (Å²) in [6.45, 7) is 2.09. The Morgan fingerprint density at radius 3 is 2.75 bits per heavy atom. The van der Waals surface area contributed by atoms with Crippen LogP contribution in [0.1, 0.15) is 36.5 Å². The molecule has 1 aliphatic carbocycles. The predicted octanol–water partition coefficient (Wildman–Crippen LogP) is 3.62. The second kappa shape index (κ2) is 4.53. The van der Waals surface area contributed by atoms with Crippen molar-refractivity contribution in [2.24, 2.45) is 0 Å². The topological polar surface area (TPSA) is 29.1 Å². The molecule has 0 unspecified atom stereocenters. The lowest BCUT2D eigenvalue weighted by atomic mass is 9.78. The second-order valence-corrected chi connectivity index (χ2v) is 5.96. The second-order valence-electron chi connectivity index (χ2n) is 4.47. The van der Waals surface area contributed by atoms with E-state index in [0.717, 1.165) is 16.4 Å². The van der Waals surface area contributed by atoms with Crippen molar-refractivity contribution in [2.45, 2.75) is 31.7 Å². The molecule has 0 atom stereocenters. The number of benzene rings is 1. The summed E-state index contributed by atoms with van der Waals surface area (Å²) in [7, 11) is 0. The van der Waals surface area contributed by atoms with Crippen LogP contribution in [0.15, 0.2) is 18.2 Å². The van der Waals surface area contributed by atoms with Crippen LogP contribution in [0.4, 0.5) is 0 Å². The molecular weight excluding hydrogens is 336 g/mol. The Hall–Kier alpha value is -0.290. The molecule has 1 aromatic carbocycles. The smallest absolute Gasteiger partial charge is 0.252 e. The molecule has 86 valence electrons. The molecule has 1 amide bonds. The van der Waals surface area contributed by atoms with Crippen molar-refractivity contribution in [3.63, 3.8) is 0 Å². The molecule has 1 aromatic rings. The normalized spacial score (nSPS) is 17.7. The van der Waals surface area contributed by atoms with E-state index < -0.39 is 0 Å². The number of nitrogens with one attached hydrogen (secondary N) is 1.